The van der Waals surface area contributed by atoms with Gasteiger partial charge in [0.25, 0.3) is 5.91 Å². The Bertz CT molecular complexity index is 1160. The second kappa shape index (κ2) is 8.59. The van der Waals surface area contributed by atoms with Gasteiger partial charge < -0.3 is 0 Å². The van der Waals surface area contributed by atoms with Gasteiger partial charge in [0, 0.05) is 22.0 Å². The van der Waals surface area contributed by atoms with E-state index in [4.69, 9.17) is 0 Å². The van der Waals surface area contributed by atoms with Gasteiger partial charge in [-0.05, 0) is 49.2 Å². The minimum absolute atomic E-state index is 0.210. The molecular formula is C23H19N3OS2. The lowest BCUT2D eigenvalue weighted by molar-refractivity contribution is 0.102. The van der Waals surface area contributed by atoms with Crippen LogP contribution in [0.4, 0.5) is 5.13 Å². The number of hydrogen-bond acceptors (Lipinski definition) is 5. The molecule has 2 aromatic carbocycles. The van der Waals surface area contributed by atoms with Crippen LogP contribution in [0.1, 0.15) is 21.5 Å². The highest BCUT2D eigenvalue weighted by Crippen LogP contribution is 2.31. The van der Waals surface area contributed by atoms with Crippen LogP contribution in [0, 0.1) is 13.8 Å². The fraction of sp³-hybridized carbons (Fsp3) is 0.0870. The Morgan fingerprint density at radius 2 is 1.83 bits per heavy atom. The Kier molecular flexibility index (Phi) is 5.74. The molecule has 0 spiro atoms. The van der Waals surface area contributed by atoms with Gasteiger partial charge >= 0.3 is 0 Å². The smallest absolute Gasteiger partial charge is 0.260 e. The van der Waals surface area contributed by atoms with Crippen molar-refractivity contribution >= 4 is 34.1 Å². The number of benzene rings is 2. The van der Waals surface area contributed by atoms with Crippen molar-refractivity contribution in [1.29, 1.82) is 0 Å². The molecule has 29 heavy (non-hydrogen) atoms. The number of nitrogens with one attached hydrogen (secondary N) is 1. The van der Waals surface area contributed by atoms with Crippen LogP contribution >= 0.6 is 23.1 Å². The monoisotopic (exact) mass is 417 g/mol. The van der Waals surface area contributed by atoms with Gasteiger partial charge in [0.05, 0.1) is 11.3 Å². The minimum Gasteiger partial charge on any atom is -0.298 e. The van der Waals surface area contributed by atoms with Gasteiger partial charge in [0.2, 0.25) is 0 Å². The van der Waals surface area contributed by atoms with Crippen molar-refractivity contribution in [3.05, 3.63) is 88.9 Å². The normalized spacial score (nSPS) is 10.7. The summed E-state index contributed by atoms with van der Waals surface area (Å²) in [5.74, 6) is -0.210. The van der Waals surface area contributed by atoms with E-state index in [0.29, 0.717) is 15.7 Å². The van der Waals surface area contributed by atoms with Gasteiger partial charge in [-0.25, -0.2) is 9.97 Å². The number of rotatable bonds is 5. The number of pyridine rings is 1. The summed E-state index contributed by atoms with van der Waals surface area (Å²) in [7, 11) is 0. The zero-order chi connectivity index (χ0) is 20.2. The van der Waals surface area contributed by atoms with E-state index in [9.17, 15) is 4.79 Å². The molecule has 0 fully saturated rings. The zero-order valence-corrected chi connectivity index (χ0v) is 17.7. The fourth-order valence-corrected chi connectivity index (χ4v) is 4.47. The van der Waals surface area contributed by atoms with Gasteiger partial charge in [-0.3, -0.25) is 10.1 Å². The molecule has 1 N–H and O–H groups in total. The third-order valence-electron chi connectivity index (χ3n) is 4.50. The van der Waals surface area contributed by atoms with E-state index < -0.39 is 0 Å². The molecule has 0 saturated carbocycles. The molecule has 0 saturated heterocycles. The lowest BCUT2D eigenvalue weighted by atomic mass is 10.1. The number of aryl methyl sites for hydroxylation is 2. The fourth-order valence-electron chi connectivity index (χ4n) is 2.77. The van der Waals surface area contributed by atoms with Crippen molar-refractivity contribution in [2.45, 2.75) is 23.8 Å². The number of carbonyl (C=O) groups is 1. The summed E-state index contributed by atoms with van der Waals surface area (Å²) in [5.41, 5.74) is 4.87. The number of carbonyl (C=O) groups excluding carboxylic acids is 1. The average molecular weight is 418 g/mol. The van der Waals surface area contributed by atoms with E-state index in [0.717, 1.165) is 16.2 Å². The van der Waals surface area contributed by atoms with Crippen LogP contribution in [-0.4, -0.2) is 15.9 Å². The predicted molar refractivity (Wildman–Crippen MR) is 120 cm³/mol. The molecule has 0 unspecified atom stereocenters. The van der Waals surface area contributed by atoms with Gasteiger partial charge in [-0.2, -0.15) is 0 Å². The topological polar surface area (TPSA) is 54.9 Å². The Balaban J connectivity index is 1.54. The number of thiazole rings is 1. The van der Waals surface area contributed by atoms with Crippen LogP contribution in [-0.2, 0) is 0 Å². The number of aromatic nitrogens is 2. The number of hydrogen-bond donors (Lipinski definition) is 1. The van der Waals surface area contributed by atoms with Crippen molar-refractivity contribution in [3.8, 4) is 11.3 Å². The van der Waals surface area contributed by atoms with E-state index in [-0.39, 0.29) is 5.91 Å². The minimum atomic E-state index is -0.210. The van der Waals surface area contributed by atoms with E-state index in [1.807, 2.05) is 35.7 Å². The summed E-state index contributed by atoms with van der Waals surface area (Å²) in [4.78, 5) is 22.9. The first-order chi connectivity index (χ1) is 14.1. The predicted octanol–water partition coefficient (Wildman–Crippen LogP) is 6.23. The van der Waals surface area contributed by atoms with Crippen molar-refractivity contribution in [2.24, 2.45) is 0 Å². The largest absolute Gasteiger partial charge is 0.298 e. The summed E-state index contributed by atoms with van der Waals surface area (Å²) < 4.78 is 0. The second-order valence-corrected chi connectivity index (χ2v) is 8.48. The highest BCUT2D eigenvalue weighted by Gasteiger charge is 2.16. The SMILES string of the molecule is Cc1ccc(Sc2ncccc2C(=O)Nc2nc(-c3ccccc3)cs2)cc1C. The van der Waals surface area contributed by atoms with Gasteiger partial charge in [-0.1, -0.05) is 48.2 Å². The average Bonchev–Trinajstić information content (AvgIpc) is 3.20. The van der Waals surface area contributed by atoms with E-state index >= 15 is 0 Å². The molecule has 144 valence electrons. The lowest BCUT2D eigenvalue weighted by Crippen LogP contribution is -2.13. The summed E-state index contributed by atoms with van der Waals surface area (Å²) >= 11 is 2.90. The Labute approximate surface area is 178 Å². The molecule has 2 heterocycles. The van der Waals surface area contributed by atoms with Crippen LogP contribution in [0.2, 0.25) is 0 Å². The molecule has 4 rings (SSSR count). The van der Waals surface area contributed by atoms with Gasteiger partial charge in [-0.15, -0.1) is 11.3 Å². The van der Waals surface area contributed by atoms with Gasteiger partial charge in [0.15, 0.2) is 5.13 Å². The molecule has 0 aliphatic carbocycles. The van der Waals surface area contributed by atoms with Crippen molar-refractivity contribution in [1.82, 2.24) is 9.97 Å². The maximum absolute atomic E-state index is 12.9. The summed E-state index contributed by atoms with van der Waals surface area (Å²) in [5, 5.41) is 6.10. The quantitative estimate of drug-likeness (QED) is 0.418. The van der Waals surface area contributed by atoms with E-state index in [1.54, 1.807) is 18.3 Å². The summed E-state index contributed by atoms with van der Waals surface area (Å²) in [6.45, 7) is 4.17. The van der Waals surface area contributed by atoms with Crippen molar-refractivity contribution in [2.75, 3.05) is 5.32 Å². The molecule has 4 aromatic rings. The maximum atomic E-state index is 12.9. The van der Waals surface area contributed by atoms with E-state index in [2.05, 4.69) is 47.3 Å². The molecule has 0 radical (unpaired) electrons. The van der Waals surface area contributed by atoms with Crippen LogP contribution in [0.3, 0.4) is 0 Å². The molecule has 0 bridgehead atoms. The summed E-state index contributed by atoms with van der Waals surface area (Å²) in [6.07, 6.45) is 1.71. The Morgan fingerprint density at radius 3 is 2.62 bits per heavy atom. The van der Waals surface area contributed by atoms with Crippen LogP contribution < -0.4 is 5.32 Å². The molecule has 1 amide bonds. The first-order valence-corrected chi connectivity index (χ1v) is 10.8. The first kappa shape index (κ1) is 19.4. The highest BCUT2D eigenvalue weighted by atomic mass is 32.2. The maximum Gasteiger partial charge on any atom is 0.260 e. The second-order valence-electron chi connectivity index (χ2n) is 6.56. The van der Waals surface area contributed by atoms with Crippen LogP contribution in [0.5, 0.6) is 0 Å². The third-order valence-corrected chi connectivity index (χ3v) is 6.27. The van der Waals surface area contributed by atoms with Crippen LogP contribution in [0.25, 0.3) is 11.3 Å². The summed E-state index contributed by atoms with van der Waals surface area (Å²) in [6, 6.07) is 19.7. The van der Waals surface area contributed by atoms with Crippen molar-refractivity contribution < 1.29 is 4.79 Å². The Morgan fingerprint density at radius 1 is 1.00 bits per heavy atom. The molecule has 0 atom stereocenters. The zero-order valence-electron chi connectivity index (χ0n) is 16.0. The Hall–Kier alpha value is -2.96. The molecule has 2 aromatic heterocycles. The lowest BCUT2D eigenvalue weighted by Gasteiger charge is -2.09. The first-order valence-electron chi connectivity index (χ1n) is 9.12. The molecule has 4 nitrogen and oxygen atoms in total. The number of nitrogens with zero attached hydrogens (tertiary/aromatic N) is 2. The third kappa shape index (κ3) is 4.55. The number of amides is 1. The molecule has 6 heteroatoms. The van der Waals surface area contributed by atoms with Crippen molar-refractivity contribution in [3.63, 3.8) is 0 Å². The van der Waals surface area contributed by atoms with Gasteiger partial charge in [0.1, 0.15) is 5.03 Å². The van der Waals surface area contributed by atoms with E-state index in [1.165, 1.54) is 34.2 Å². The molecule has 0 aliphatic rings. The molecule has 0 aliphatic heterocycles. The standard InChI is InChI=1S/C23H19N3OS2/c1-15-10-11-18(13-16(15)2)29-22-19(9-6-12-24-22)21(27)26-23-25-20(14-28-23)17-7-4-3-5-8-17/h3-14H,1-2H3,(H,25,26,27). The number of anilines is 1. The van der Waals surface area contributed by atoms with Crippen LogP contribution in [0.15, 0.2) is 82.2 Å². The highest BCUT2D eigenvalue weighted by molar-refractivity contribution is 7.99. The molecular weight excluding hydrogens is 398 g/mol.